The van der Waals surface area contributed by atoms with Crippen molar-refractivity contribution < 1.29 is 47.7 Å². The SMILES string of the molecule is CC(C)(C=O)CCCOCCOCCOCCOCCOc1cccc2c1C(=O)N(C1CCC(=O)NC1=O)C2=O. The predicted octanol–water partition coefficient (Wildman–Crippen LogP) is 1.54. The zero-order chi connectivity index (χ0) is 29.0. The van der Waals surface area contributed by atoms with Crippen molar-refractivity contribution in [1.82, 2.24) is 10.2 Å². The first kappa shape index (κ1) is 31.3. The highest BCUT2D eigenvalue weighted by atomic mass is 16.6. The number of carbonyl (C=O) groups excluding carboxylic acids is 5. The molecule has 1 fully saturated rings. The largest absolute Gasteiger partial charge is 0.490 e. The molecule has 0 saturated carbocycles. The summed E-state index contributed by atoms with van der Waals surface area (Å²) < 4.78 is 27.6. The predicted molar refractivity (Wildman–Crippen MR) is 141 cm³/mol. The first-order valence-electron chi connectivity index (χ1n) is 13.5. The number of nitrogens with zero attached hydrogens (tertiary/aromatic N) is 1. The van der Waals surface area contributed by atoms with Crippen molar-refractivity contribution in [3.63, 3.8) is 0 Å². The van der Waals surface area contributed by atoms with Gasteiger partial charge in [-0.1, -0.05) is 19.9 Å². The molecule has 12 heteroatoms. The number of nitrogens with one attached hydrogen (secondary N) is 1. The van der Waals surface area contributed by atoms with Crippen LogP contribution in [0.2, 0.25) is 0 Å². The number of fused-ring (bicyclic) bond motifs is 1. The number of hydrogen-bond acceptors (Lipinski definition) is 10. The maximum absolute atomic E-state index is 13.0. The molecule has 2 aliphatic heterocycles. The molecular weight excluding hydrogens is 524 g/mol. The number of aldehydes is 1. The molecule has 1 atom stereocenters. The molecule has 0 aromatic heterocycles. The first-order valence-corrected chi connectivity index (χ1v) is 13.5. The highest BCUT2D eigenvalue weighted by Crippen LogP contribution is 2.33. The van der Waals surface area contributed by atoms with Crippen molar-refractivity contribution in [2.45, 2.75) is 45.6 Å². The summed E-state index contributed by atoms with van der Waals surface area (Å²) in [4.78, 5) is 61.3. The van der Waals surface area contributed by atoms with Crippen molar-refractivity contribution in [1.29, 1.82) is 0 Å². The van der Waals surface area contributed by atoms with Gasteiger partial charge < -0.3 is 28.5 Å². The average Bonchev–Trinajstić information content (AvgIpc) is 3.18. The second-order valence-electron chi connectivity index (χ2n) is 10.1. The van der Waals surface area contributed by atoms with Crippen LogP contribution in [0.4, 0.5) is 0 Å². The molecule has 4 amide bonds. The van der Waals surface area contributed by atoms with Crippen molar-refractivity contribution in [2.24, 2.45) is 5.41 Å². The summed E-state index contributed by atoms with van der Waals surface area (Å²) in [7, 11) is 0. The molecule has 220 valence electrons. The molecule has 1 aromatic rings. The van der Waals surface area contributed by atoms with E-state index in [-0.39, 0.29) is 48.3 Å². The van der Waals surface area contributed by atoms with E-state index in [9.17, 15) is 24.0 Å². The highest BCUT2D eigenvalue weighted by Gasteiger charge is 2.45. The molecule has 0 spiro atoms. The lowest BCUT2D eigenvalue weighted by atomic mass is 9.90. The van der Waals surface area contributed by atoms with Gasteiger partial charge in [-0.3, -0.25) is 29.4 Å². The third kappa shape index (κ3) is 8.91. The van der Waals surface area contributed by atoms with E-state index in [1.54, 1.807) is 12.1 Å². The van der Waals surface area contributed by atoms with E-state index in [1.165, 1.54) is 6.07 Å². The molecule has 1 saturated heterocycles. The fraction of sp³-hybridized carbons (Fsp3) is 0.607. The van der Waals surface area contributed by atoms with Gasteiger partial charge in [0.05, 0.1) is 57.4 Å². The Bertz CT molecular complexity index is 1060. The molecule has 40 heavy (non-hydrogen) atoms. The summed E-state index contributed by atoms with van der Waals surface area (Å²) in [6.07, 6.45) is 2.73. The number of ether oxygens (including phenoxy) is 5. The minimum Gasteiger partial charge on any atom is -0.490 e. The number of amides is 4. The van der Waals surface area contributed by atoms with Crippen LogP contribution in [0.3, 0.4) is 0 Å². The van der Waals surface area contributed by atoms with Crippen molar-refractivity contribution in [2.75, 3.05) is 59.5 Å². The minimum atomic E-state index is -1.03. The van der Waals surface area contributed by atoms with Gasteiger partial charge in [0.1, 0.15) is 24.7 Å². The van der Waals surface area contributed by atoms with E-state index in [1.807, 2.05) is 13.8 Å². The van der Waals surface area contributed by atoms with E-state index in [2.05, 4.69) is 5.32 Å². The Kier molecular flexibility index (Phi) is 12.2. The van der Waals surface area contributed by atoms with Crippen LogP contribution in [0, 0.1) is 5.41 Å². The Hall–Kier alpha value is -3.19. The van der Waals surface area contributed by atoms with Crippen LogP contribution in [0.5, 0.6) is 5.75 Å². The number of rotatable bonds is 19. The van der Waals surface area contributed by atoms with Gasteiger partial charge in [0.2, 0.25) is 11.8 Å². The van der Waals surface area contributed by atoms with Crippen LogP contribution in [0.15, 0.2) is 18.2 Å². The summed E-state index contributed by atoms with van der Waals surface area (Å²) >= 11 is 0. The molecule has 1 unspecified atom stereocenters. The van der Waals surface area contributed by atoms with Crippen molar-refractivity contribution >= 4 is 29.9 Å². The van der Waals surface area contributed by atoms with E-state index >= 15 is 0 Å². The average molecular weight is 563 g/mol. The second kappa shape index (κ2) is 15.6. The maximum Gasteiger partial charge on any atom is 0.266 e. The number of piperidine rings is 1. The molecule has 2 aliphatic rings. The fourth-order valence-electron chi connectivity index (χ4n) is 4.27. The molecule has 1 N–H and O–H groups in total. The number of benzene rings is 1. The lowest BCUT2D eigenvalue weighted by Gasteiger charge is -2.27. The number of carbonyl (C=O) groups is 5. The van der Waals surface area contributed by atoms with Gasteiger partial charge in [-0.05, 0) is 31.4 Å². The quantitative estimate of drug-likeness (QED) is 0.150. The van der Waals surface area contributed by atoms with Crippen LogP contribution in [-0.4, -0.2) is 100 Å². The second-order valence-corrected chi connectivity index (χ2v) is 10.1. The zero-order valence-electron chi connectivity index (χ0n) is 23.1. The van der Waals surface area contributed by atoms with Gasteiger partial charge in [0, 0.05) is 18.4 Å². The molecule has 2 heterocycles. The van der Waals surface area contributed by atoms with Crippen molar-refractivity contribution in [3.8, 4) is 5.75 Å². The van der Waals surface area contributed by atoms with Crippen LogP contribution in [0.1, 0.15) is 60.2 Å². The Morgan fingerprint density at radius 3 is 2.08 bits per heavy atom. The van der Waals surface area contributed by atoms with E-state index in [0.29, 0.717) is 46.2 Å². The number of imide groups is 2. The van der Waals surface area contributed by atoms with Gasteiger partial charge in [-0.15, -0.1) is 0 Å². The molecule has 0 bridgehead atoms. The standard InChI is InChI=1S/C28H38N2O10/c1-28(2,19-31)9-4-10-36-11-12-37-13-14-38-15-16-39-17-18-40-22-6-3-5-20-24(22)27(35)30(26(20)34)21-7-8-23(32)29-25(21)33/h3,5-6,19,21H,4,7-18H2,1-2H3,(H,29,32,33). The molecule has 3 rings (SSSR count). The lowest BCUT2D eigenvalue weighted by Crippen LogP contribution is -2.54. The van der Waals surface area contributed by atoms with Crippen LogP contribution in [-0.2, 0) is 33.3 Å². The Morgan fingerprint density at radius 2 is 1.48 bits per heavy atom. The van der Waals surface area contributed by atoms with Gasteiger partial charge in [0.15, 0.2) is 0 Å². The monoisotopic (exact) mass is 562 g/mol. The van der Waals surface area contributed by atoms with Gasteiger partial charge >= 0.3 is 0 Å². The fourth-order valence-corrected chi connectivity index (χ4v) is 4.27. The van der Waals surface area contributed by atoms with E-state index < -0.39 is 29.7 Å². The molecule has 0 aliphatic carbocycles. The van der Waals surface area contributed by atoms with Crippen LogP contribution < -0.4 is 10.1 Å². The topological polar surface area (TPSA) is 147 Å². The highest BCUT2D eigenvalue weighted by molar-refractivity contribution is 6.24. The molecule has 12 nitrogen and oxygen atoms in total. The van der Waals surface area contributed by atoms with Crippen molar-refractivity contribution in [3.05, 3.63) is 29.3 Å². The lowest BCUT2D eigenvalue weighted by molar-refractivity contribution is -0.136. The van der Waals surface area contributed by atoms with E-state index in [0.717, 1.165) is 24.0 Å². The third-order valence-electron chi connectivity index (χ3n) is 6.46. The summed E-state index contributed by atoms with van der Waals surface area (Å²) in [6.45, 7) is 7.34. The van der Waals surface area contributed by atoms with E-state index in [4.69, 9.17) is 23.7 Å². The Balaban J connectivity index is 1.24. The molecule has 0 radical (unpaired) electrons. The third-order valence-corrected chi connectivity index (χ3v) is 6.46. The van der Waals surface area contributed by atoms with Gasteiger partial charge in [0.25, 0.3) is 11.8 Å². The maximum atomic E-state index is 13.0. The normalized spacial score (nSPS) is 17.2. The van der Waals surface area contributed by atoms with Crippen LogP contribution >= 0.6 is 0 Å². The summed E-state index contributed by atoms with van der Waals surface area (Å²) in [5.74, 6) is -2.05. The smallest absolute Gasteiger partial charge is 0.266 e. The van der Waals surface area contributed by atoms with Gasteiger partial charge in [-0.2, -0.15) is 0 Å². The zero-order valence-corrected chi connectivity index (χ0v) is 23.1. The Morgan fingerprint density at radius 1 is 0.875 bits per heavy atom. The summed E-state index contributed by atoms with van der Waals surface area (Å²) in [6, 6.07) is 3.67. The molecular formula is C28H38N2O10. The van der Waals surface area contributed by atoms with Gasteiger partial charge in [-0.25, -0.2) is 0 Å². The number of hydrogen-bond donors (Lipinski definition) is 1. The summed E-state index contributed by atoms with van der Waals surface area (Å²) in [5, 5.41) is 2.18. The molecule has 1 aromatic carbocycles. The minimum absolute atomic E-state index is 0.0556. The van der Waals surface area contributed by atoms with Crippen LogP contribution in [0.25, 0.3) is 0 Å². The summed E-state index contributed by atoms with van der Waals surface area (Å²) in [5.41, 5.74) is -0.0387. The first-order chi connectivity index (χ1) is 19.2. The Labute approximate surface area is 233 Å².